The van der Waals surface area contributed by atoms with Gasteiger partial charge in [-0.2, -0.15) is 0 Å². The van der Waals surface area contributed by atoms with E-state index in [-0.39, 0.29) is 19.1 Å². The van der Waals surface area contributed by atoms with Crippen LogP contribution in [0.2, 0.25) is 0 Å². The quantitative estimate of drug-likeness (QED) is 0.0333. The molecule has 0 spiro atoms. The maximum Gasteiger partial charge on any atom is 0.338 e. The van der Waals surface area contributed by atoms with Crippen LogP contribution >= 0.6 is 0 Å². The molecule has 1 amide bonds. The van der Waals surface area contributed by atoms with E-state index >= 15 is 0 Å². The van der Waals surface area contributed by atoms with Crippen LogP contribution < -0.4 is 5.32 Å². The van der Waals surface area contributed by atoms with Crippen molar-refractivity contribution in [1.82, 2.24) is 5.32 Å². The monoisotopic (exact) mass is 954 g/mol. The van der Waals surface area contributed by atoms with Gasteiger partial charge >= 0.3 is 5.97 Å². The molecule has 2 aliphatic rings. The van der Waals surface area contributed by atoms with Crippen LogP contribution in [-0.2, 0) is 28.5 Å². The number of esters is 1. The second-order valence-electron chi connectivity index (χ2n) is 20.2. The Morgan fingerprint density at radius 2 is 1.10 bits per heavy atom. The van der Waals surface area contributed by atoms with Crippen LogP contribution in [0.3, 0.4) is 0 Å². The third-order valence-corrected chi connectivity index (χ3v) is 13.5. The molecule has 68 heavy (non-hydrogen) atoms. The lowest BCUT2D eigenvalue weighted by molar-refractivity contribution is -0.284. The van der Waals surface area contributed by atoms with Gasteiger partial charge in [-0.15, -0.1) is 0 Å². The molecule has 1 aromatic carbocycles. The van der Waals surface area contributed by atoms with E-state index in [0.717, 1.165) is 38.5 Å². The topological polar surface area (TPSA) is 133 Å². The summed E-state index contributed by atoms with van der Waals surface area (Å²) in [7, 11) is 0. The molecule has 3 N–H and O–H groups in total. The van der Waals surface area contributed by atoms with Crippen molar-refractivity contribution < 1.29 is 43.5 Å². The summed E-state index contributed by atoms with van der Waals surface area (Å²) >= 11 is 0. The number of fused-ring (bicyclic) bond motifs is 1. The number of ether oxygens (including phenoxy) is 5. The predicted molar refractivity (Wildman–Crippen MR) is 276 cm³/mol. The highest BCUT2D eigenvalue weighted by molar-refractivity contribution is 5.89. The number of rotatable bonds is 42. The van der Waals surface area contributed by atoms with Gasteiger partial charge in [0.1, 0.15) is 30.5 Å². The Hall–Kier alpha value is -2.60. The maximum absolute atomic E-state index is 13.7. The second kappa shape index (κ2) is 38.1. The Bertz CT molecular complexity index is 1450. The van der Waals surface area contributed by atoms with Gasteiger partial charge in [-0.1, -0.05) is 204 Å². The number of amides is 1. The van der Waals surface area contributed by atoms with E-state index in [2.05, 4.69) is 31.3 Å². The number of unbranched alkanes of at least 4 members (excludes halogenated alkanes) is 28. The molecule has 0 unspecified atom stereocenters. The Balaban J connectivity index is 1.48. The molecule has 0 saturated carbocycles. The minimum atomic E-state index is -1.22. The van der Waals surface area contributed by atoms with E-state index < -0.39 is 54.6 Å². The van der Waals surface area contributed by atoms with E-state index in [9.17, 15) is 19.8 Å². The molecule has 2 aliphatic heterocycles. The smallest absolute Gasteiger partial charge is 0.338 e. The molecule has 2 saturated heterocycles. The minimum Gasteiger partial charge on any atom is -0.452 e. The number of hydrogen-bond acceptors (Lipinski definition) is 9. The van der Waals surface area contributed by atoms with Gasteiger partial charge < -0.3 is 39.2 Å². The molecule has 2 heterocycles. The van der Waals surface area contributed by atoms with E-state index in [1.807, 2.05) is 18.2 Å². The summed E-state index contributed by atoms with van der Waals surface area (Å²) in [5.74, 6) is -1.64. The van der Waals surface area contributed by atoms with Gasteiger partial charge in [0.2, 0.25) is 5.91 Å². The summed E-state index contributed by atoms with van der Waals surface area (Å²) < 4.78 is 30.4. The van der Waals surface area contributed by atoms with Gasteiger partial charge in [-0.25, -0.2) is 4.79 Å². The summed E-state index contributed by atoms with van der Waals surface area (Å²) in [5.41, 5.74) is 0.406. The number of hydrogen-bond donors (Lipinski definition) is 3. The number of benzene rings is 1. The van der Waals surface area contributed by atoms with E-state index in [4.69, 9.17) is 23.7 Å². The summed E-state index contributed by atoms with van der Waals surface area (Å²) in [5, 5.41) is 24.7. The van der Waals surface area contributed by atoms with Crippen molar-refractivity contribution in [1.29, 1.82) is 0 Å². The molecule has 0 bridgehead atoms. The highest BCUT2D eigenvalue weighted by Crippen LogP contribution is 2.38. The standard InChI is InChI=1S/C58H99NO9/c1-5-7-9-11-13-15-17-19-20-21-22-23-24-25-26-28-30-32-34-36-41-45-52(61)59-49(47-64-57-53(62)55-54(51(46-60)66-57)67-58(3,4)68-55)50(65-56(63)48-42-38-37-39-43-48)44-40-35-33-31-29-27-18-16-14-12-10-8-6-2/h19-20,37-40,42-44,49-51,53-55,57,60,62H,5-18,21-36,41,45-47H2,1-4H3,(H,59,61)/b20-19-,44-40+/t49-,50+,51+,53+,54-,55+,57+/m0/s1. The molecule has 0 aromatic heterocycles. The van der Waals surface area contributed by atoms with Gasteiger partial charge in [-0.3, -0.25) is 4.79 Å². The van der Waals surface area contributed by atoms with Crippen molar-refractivity contribution in [2.24, 2.45) is 0 Å². The lowest BCUT2D eigenvalue weighted by atomic mass is 9.99. The molecule has 3 rings (SSSR count). The fourth-order valence-corrected chi connectivity index (χ4v) is 9.43. The minimum absolute atomic E-state index is 0.126. The van der Waals surface area contributed by atoms with Gasteiger partial charge in [-0.05, 0) is 77.0 Å². The molecule has 1 aromatic rings. The van der Waals surface area contributed by atoms with Gasteiger partial charge in [0.25, 0.3) is 0 Å². The zero-order chi connectivity index (χ0) is 48.9. The Morgan fingerprint density at radius 1 is 0.647 bits per heavy atom. The largest absolute Gasteiger partial charge is 0.452 e. The van der Waals surface area contributed by atoms with Crippen LogP contribution in [0.5, 0.6) is 0 Å². The third kappa shape index (κ3) is 26.6. The average molecular weight is 954 g/mol. The van der Waals surface area contributed by atoms with Crippen LogP contribution in [0, 0.1) is 0 Å². The van der Waals surface area contributed by atoms with Crippen molar-refractivity contribution in [3.05, 3.63) is 60.2 Å². The first-order valence-corrected chi connectivity index (χ1v) is 28.0. The van der Waals surface area contributed by atoms with Crippen LogP contribution in [-0.4, -0.2) is 83.9 Å². The SMILES string of the molecule is CCCCCCCC/C=C\CCCCCCCCCCCCCC(=O)N[C@@H](CO[C@@H]1O[C@H](CO)[C@@H]2OC(C)(C)O[C@@H]2[C@H]1O)[C@@H](/C=C/CCCCCCCCCCCCC)OC(=O)c1ccccc1. The van der Waals surface area contributed by atoms with Crippen molar-refractivity contribution in [2.75, 3.05) is 13.2 Å². The zero-order valence-corrected chi connectivity index (χ0v) is 43.5. The third-order valence-electron chi connectivity index (χ3n) is 13.5. The number of aliphatic hydroxyl groups excluding tert-OH is 2. The second-order valence-corrected chi connectivity index (χ2v) is 20.2. The van der Waals surface area contributed by atoms with Crippen molar-refractivity contribution in [3.63, 3.8) is 0 Å². The fraction of sp³-hybridized carbons (Fsp3) is 0.793. The molecule has 10 heteroatoms. The summed E-state index contributed by atoms with van der Waals surface area (Å²) in [6.45, 7) is 7.55. The molecule has 0 radical (unpaired) electrons. The van der Waals surface area contributed by atoms with Crippen LogP contribution in [0.1, 0.15) is 244 Å². The van der Waals surface area contributed by atoms with Crippen LogP contribution in [0.25, 0.3) is 0 Å². The summed E-state index contributed by atoms with van der Waals surface area (Å²) in [6, 6.07) is 8.06. The number of carbonyl (C=O) groups excluding carboxylic acids is 2. The zero-order valence-electron chi connectivity index (χ0n) is 43.5. The molecular weight excluding hydrogens is 855 g/mol. The first-order chi connectivity index (χ1) is 33.2. The average Bonchev–Trinajstić information content (AvgIpc) is 3.68. The van der Waals surface area contributed by atoms with Gasteiger partial charge in [0.05, 0.1) is 24.8 Å². The van der Waals surface area contributed by atoms with Crippen molar-refractivity contribution in [3.8, 4) is 0 Å². The lowest BCUT2D eigenvalue weighted by Gasteiger charge is -2.39. The lowest BCUT2D eigenvalue weighted by Crippen LogP contribution is -2.59. The number of allylic oxidation sites excluding steroid dienone is 3. The van der Waals surface area contributed by atoms with Gasteiger partial charge in [0, 0.05) is 6.42 Å². The molecule has 0 aliphatic carbocycles. The van der Waals surface area contributed by atoms with E-state index in [1.165, 1.54) is 161 Å². The molecule has 7 atom stereocenters. The van der Waals surface area contributed by atoms with Gasteiger partial charge in [0.15, 0.2) is 12.1 Å². The summed E-state index contributed by atoms with van der Waals surface area (Å²) in [4.78, 5) is 27.2. The van der Waals surface area contributed by atoms with Crippen LogP contribution in [0.4, 0.5) is 0 Å². The highest BCUT2D eigenvalue weighted by Gasteiger charge is 2.55. The van der Waals surface area contributed by atoms with E-state index in [0.29, 0.717) is 12.0 Å². The molecule has 390 valence electrons. The Labute approximate surface area is 414 Å². The van der Waals surface area contributed by atoms with Crippen LogP contribution in [0.15, 0.2) is 54.6 Å². The normalized spacial score (nSPS) is 21.1. The first-order valence-electron chi connectivity index (χ1n) is 28.0. The maximum atomic E-state index is 13.7. The summed E-state index contributed by atoms with van der Waals surface area (Å²) in [6.07, 6.45) is 41.9. The number of carbonyl (C=O) groups is 2. The first kappa shape index (κ1) is 59.7. The van der Waals surface area contributed by atoms with E-state index in [1.54, 1.807) is 38.1 Å². The fourth-order valence-electron chi connectivity index (χ4n) is 9.43. The Kier molecular flexibility index (Phi) is 33.5. The number of nitrogens with one attached hydrogen (secondary N) is 1. The highest BCUT2D eigenvalue weighted by atomic mass is 16.8. The van der Waals surface area contributed by atoms with Crippen molar-refractivity contribution in [2.45, 2.75) is 282 Å². The molecule has 2 fully saturated rings. The predicted octanol–water partition coefficient (Wildman–Crippen LogP) is 13.9. The van der Waals surface area contributed by atoms with Crippen molar-refractivity contribution >= 4 is 11.9 Å². The molecular formula is C58H99NO9. The molecule has 10 nitrogen and oxygen atoms in total. The number of aliphatic hydroxyl groups is 2. The Morgan fingerprint density at radius 3 is 1.60 bits per heavy atom.